The molecule has 0 heterocycles. The van der Waals surface area contributed by atoms with Gasteiger partial charge in [-0.1, -0.05) is 51.2 Å². The van der Waals surface area contributed by atoms with Gasteiger partial charge in [-0.25, -0.2) is 4.39 Å². The molecule has 0 N–H and O–H groups in total. The number of unbranched alkanes of at least 4 members (excludes halogenated alkanes) is 3. The van der Waals surface area contributed by atoms with Crippen LogP contribution < -0.4 is 0 Å². The van der Waals surface area contributed by atoms with Crippen LogP contribution in [-0.4, -0.2) is 13.2 Å². The molecule has 1 aromatic rings. The van der Waals surface area contributed by atoms with Crippen LogP contribution in [0.3, 0.4) is 0 Å². The molecule has 29 heavy (non-hydrogen) atoms. The van der Waals surface area contributed by atoms with Crippen molar-refractivity contribution in [1.82, 2.24) is 0 Å². The van der Waals surface area contributed by atoms with Gasteiger partial charge in [0.15, 0.2) is 0 Å². The summed E-state index contributed by atoms with van der Waals surface area (Å²) in [7, 11) is 1.86. The summed E-state index contributed by atoms with van der Waals surface area (Å²) in [6.45, 7) is 2.27. The zero-order valence-corrected chi connectivity index (χ0v) is 18.7. The van der Waals surface area contributed by atoms with E-state index in [-0.39, 0.29) is 5.82 Å². The Balaban J connectivity index is 1.38. The molecule has 0 spiro atoms. The van der Waals surface area contributed by atoms with Crippen LogP contribution in [0.4, 0.5) is 4.39 Å². The Morgan fingerprint density at radius 1 is 0.966 bits per heavy atom. The second kappa shape index (κ2) is 9.94. The summed E-state index contributed by atoms with van der Waals surface area (Å²) in [6, 6.07) is 4.46. The minimum Gasteiger partial charge on any atom is -0.381 e. The highest BCUT2D eigenvalue weighted by atomic mass is 19.1. The number of hydrogen-bond acceptors (Lipinski definition) is 1. The lowest BCUT2D eigenvalue weighted by Crippen LogP contribution is -2.33. The molecule has 0 aliphatic heterocycles. The van der Waals surface area contributed by atoms with E-state index in [1.54, 1.807) is 0 Å². The lowest BCUT2D eigenvalue weighted by Gasteiger charge is -2.42. The molecule has 4 rings (SSSR count). The molecule has 5 unspecified atom stereocenters. The van der Waals surface area contributed by atoms with E-state index < -0.39 is 0 Å². The van der Waals surface area contributed by atoms with Gasteiger partial charge in [0, 0.05) is 7.11 Å². The fraction of sp³-hybridized carbons (Fsp3) is 0.778. The van der Waals surface area contributed by atoms with Crippen molar-refractivity contribution in [3.05, 3.63) is 34.6 Å². The predicted octanol–water partition coefficient (Wildman–Crippen LogP) is 7.60. The van der Waals surface area contributed by atoms with Crippen molar-refractivity contribution >= 4 is 0 Å². The average molecular weight is 401 g/mol. The van der Waals surface area contributed by atoms with Crippen molar-refractivity contribution in [2.45, 2.75) is 109 Å². The second-order valence-electron chi connectivity index (χ2n) is 10.3. The van der Waals surface area contributed by atoms with E-state index in [0.29, 0.717) is 12.0 Å². The third-order valence-electron chi connectivity index (χ3n) is 8.49. The molecule has 162 valence electrons. The molecular weight excluding hydrogens is 359 g/mol. The molecule has 3 aliphatic rings. The summed E-state index contributed by atoms with van der Waals surface area (Å²) in [5, 5.41) is 0. The van der Waals surface area contributed by atoms with Gasteiger partial charge in [0.1, 0.15) is 5.82 Å². The Morgan fingerprint density at radius 3 is 2.62 bits per heavy atom. The van der Waals surface area contributed by atoms with Crippen LogP contribution in [0.25, 0.3) is 0 Å². The predicted molar refractivity (Wildman–Crippen MR) is 119 cm³/mol. The molecule has 0 amide bonds. The van der Waals surface area contributed by atoms with Crippen LogP contribution in [0.1, 0.15) is 107 Å². The van der Waals surface area contributed by atoms with Gasteiger partial charge in [-0.3, -0.25) is 0 Å². The molecule has 0 bridgehead atoms. The van der Waals surface area contributed by atoms with Gasteiger partial charge in [0.05, 0.1) is 6.10 Å². The van der Waals surface area contributed by atoms with Gasteiger partial charge in [-0.15, -0.1) is 0 Å². The Hall–Kier alpha value is -0.890. The minimum atomic E-state index is 0.168. The Labute approximate surface area is 177 Å². The maximum Gasteiger partial charge on any atom is 0.130 e. The third-order valence-corrected chi connectivity index (χ3v) is 8.49. The molecule has 3 aliphatic carbocycles. The fourth-order valence-electron chi connectivity index (χ4n) is 6.67. The van der Waals surface area contributed by atoms with E-state index in [1.807, 2.05) is 7.11 Å². The van der Waals surface area contributed by atoms with Gasteiger partial charge in [0.2, 0.25) is 0 Å². The fourth-order valence-corrected chi connectivity index (χ4v) is 6.67. The van der Waals surface area contributed by atoms with Crippen LogP contribution in [0, 0.1) is 23.6 Å². The van der Waals surface area contributed by atoms with Crippen LogP contribution in [0.2, 0.25) is 0 Å². The van der Waals surface area contributed by atoms with Gasteiger partial charge in [0.25, 0.3) is 0 Å². The molecule has 5 atom stereocenters. The number of rotatable bonds is 7. The van der Waals surface area contributed by atoms with Crippen molar-refractivity contribution in [3.8, 4) is 0 Å². The van der Waals surface area contributed by atoms with Crippen molar-refractivity contribution in [2.75, 3.05) is 7.11 Å². The maximum absolute atomic E-state index is 15.5. The number of benzene rings is 1. The van der Waals surface area contributed by atoms with Crippen LogP contribution >= 0.6 is 0 Å². The van der Waals surface area contributed by atoms with Gasteiger partial charge in [-0.2, -0.15) is 0 Å². The summed E-state index contributed by atoms with van der Waals surface area (Å²) in [6.07, 6.45) is 17.7. The van der Waals surface area contributed by atoms with Gasteiger partial charge < -0.3 is 4.74 Å². The lowest BCUT2D eigenvalue weighted by atomic mass is 9.65. The van der Waals surface area contributed by atoms with Crippen LogP contribution in [0.15, 0.2) is 12.1 Å². The molecule has 0 radical (unpaired) electrons. The van der Waals surface area contributed by atoms with Crippen molar-refractivity contribution in [3.63, 3.8) is 0 Å². The first-order valence-corrected chi connectivity index (χ1v) is 12.5. The van der Waals surface area contributed by atoms with Crippen molar-refractivity contribution in [2.24, 2.45) is 17.8 Å². The van der Waals surface area contributed by atoms with Crippen LogP contribution in [0.5, 0.6) is 0 Å². The van der Waals surface area contributed by atoms with E-state index in [1.165, 1.54) is 76.2 Å². The SMILES string of the molecule is CCCCCCC1CCc2c(ccc(C3CCC4CC(OC)CCC4C3)c2F)C1. The first-order chi connectivity index (χ1) is 14.2. The minimum absolute atomic E-state index is 0.168. The number of methoxy groups -OCH3 is 1. The molecule has 1 aromatic carbocycles. The van der Waals surface area contributed by atoms with E-state index >= 15 is 4.39 Å². The number of fused-ring (bicyclic) bond motifs is 2. The highest BCUT2D eigenvalue weighted by molar-refractivity contribution is 5.38. The third kappa shape index (κ3) is 4.89. The molecule has 2 heteroatoms. The maximum atomic E-state index is 15.5. The second-order valence-corrected chi connectivity index (χ2v) is 10.3. The first-order valence-electron chi connectivity index (χ1n) is 12.5. The summed E-state index contributed by atoms with van der Waals surface area (Å²) < 4.78 is 21.2. The summed E-state index contributed by atoms with van der Waals surface area (Å²) in [5.41, 5.74) is 3.42. The summed E-state index contributed by atoms with van der Waals surface area (Å²) >= 11 is 0. The molecule has 0 aromatic heterocycles. The largest absolute Gasteiger partial charge is 0.381 e. The lowest BCUT2D eigenvalue weighted by molar-refractivity contribution is 0.0121. The number of ether oxygens (including phenoxy) is 1. The molecule has 2 saturated carbocycles. The summed E-state index contributed by atoms with van der Waals surface area (Å²) in [5.74, 6) is 2.96. The van der Waals surface area contributed by atoms with E-state index in [4.69, 9.17) is 4.74 Å². The van der Waals surface area contributed by atoms with Crippen molar-refractivity contribution < 1.29 is 9.13 Å². The molecule has 0 saturated heterocycles. The molecule has 1 nitrogen and oxygen atoms in total. The standard InChI is InChI=1S/C27H41FO/c1-3-4-5-6-7-19-8-14-25-22(16-19)12-15-26(27(25)28)23-10-9-21-18-24(29-2)13-11-20(21)17-23/h12,15,19-21,23-24H,3-11,13-14,16-18H2,1-2H3. The highest BCUT2D eigenvalue weighted by Gasteiger charge is 2.37. The zero-order chi connectivity index (χ0) is 20.2. The topological polar surface area (TPSA) is 9.23 Å². The van der Waals surface area contributed by atoms with Gasteiger partial charge >= 0.3 is 0 Å². The van der Waals surface area contributed by atoms with E-state index in [0.717, 1.165) is 48.1 Å². The van der Waals surface area contributed by atoms with E-state index in [9.17, 15) is 0 Å². The molecule has 2 fully saturated rings. The zero-order valence-electron chi connectivity index (χ0n) is 18.7. The monoisotopic (exact) mass is 400 g/mol. The Morgan fingerprint density at radius 2 is 1.79 bits per heavy atom. The average Bonchev–Trinajstić information content (AvgIpc) is 2.76. The first kappa shape index (κ1) is 21.3. The number of hydrogen-bond donors (Lipinski definition) is 0. The summed E-state index contributed by atoms with van der Waals surface area (Å²) in [4.78, 5) is 0. The van der Waals surface area contributed by atoms with Gasteiger partial charge in [-0.05, 0) is 98.1 Å². The van der Waals surface area contributed by atoms with E-state index in [2.05, 4.69) is 19.1 Å². The quantitative estimate of drug-likeness (QED) is 0.428. The Kier molecular flexibility index (Phi) is 7.32. The molecular formula is C27H41FO. The smallest absolute Gasteiger partial charge is 0.130 e. The number of halogens is 1. The Bertz CT molecular complexity index is 669. The highest BCUT2D eigenvalue weighted by Crippen LogP contribution is 2.47. The van der Waals surface area contributed by atoms with Crippen LogP contribution in [-0.2, 0) is 17.6 Å². The van der Waals surface area contributed by atoms with Crippen molar-refractivity contribution in [1.29, 1.82) is 0 Å². The normalized spacial score (nSPS) is 31.9.